The molecule has 2 N–H and O–H groups in total. The van der Waals surface area contributed by atoms with E-state index >= 15 is 0 Å². The van der Waals surface area contributed by atoms with Crippen LogP contribution in [0.2, 0.25) is 0 Å². The lowest BCUT2D eigenvalue weighted by Crippen LogP contribution is -2.17. The second-order valence-electron chi connectivity index (χ2n) is 5.56. The number of para-hydroxylation sites is 1. The lowest BCUT2D eigenvalue weighted by atomic mass is 10.2. The van der Waals surface area contributed by atoms with Crippen molar-refractivity contribution in [3.8, 4) is 0 Å². The second kappa shape index (κ2) is 8.35. The average Bonchev–Trinajstić information content (AvgIpc) is 2.55. The number of carbonyl (C=O) groups excluding carboxylic acids is 1. The van der Waals surface area contributed by atoms with E-state index in [-0.39, 0.29) is 5.69 Å². The van der Waals surface area contributed by atoms with Gasteiger partial charge < -0.3 is 15.5 Å². The Hall–Kier alpha value is -2.54. The minimum Gasteiger partial charge on any atom is -0.385 e. The fourth-order valence-electron chi connectivity index (χ4n) is 2.09. The normalized spacial score (nSPS) is 10.7. The summed E-state index contributed by atoms with van der Waals surface area (Å²) >= 11 is 0. The van der Waals surface area contributed by atoms with Crippen molar-refractivity contribution in [3.63, 3.8) is 0 Å². The Kier molecular flexibility index (Phi) is 6.20. The van der Waals surface area contributed by atoms with E-state index in [1.54, 1.807) is 12.1 Å². The summed E-state index contributed by atoms with van der Waals surface area (Å²) in [5.41, 5.74) is 0.326. The van der Waals surface area contributed by atoms with Crippen molar-refractivity contribution in [3.05, 3.63) is 53.9 Å². The molecule has 0 radical (unpaired) electrons. The molecule has 0 aliphatic rings. The van der Waals surface area contributed by atoms with E-state index in [4.69, 9.17) is 0 Å². The number of nitrogens with one attached hydrogen (secondary N) is 2. The zero-order chi connectivity index (χ0) is 17.5. The molecule has 1 aromatic carbocycles. The molecular formula is C17H20F2N4O. The van der Waals surface area contributed by atoms with E-state index in [9.17, 15) is 13.6 Å². The SMILES string of the molecule is CN(C)CCCNc1ccnc(C(=O)Nc2c(F)cccc2F)c1. The Morgan fingerprint density at radius 3 is 2.58 bits per heavy atom. The van der Waals surface area contributed by atoms with E-state index < -0.39 is 23.2 Å². The summed E-state index contributed by atoms with van der Waals surface area (Å²) in [6, 6.07) is 6.67. The van der Waals surface area contributed by atoms with Crippen LogP contribution in [0.3, 0.4) is 0 Å². The molecule has 0 aliphatic heterocycles. The first-order valence-corrected chi connectivity index (χ1v) is 7.57. The second-order valence-corrected chi connectivity index (χ2v) is 5.56. The number of aromatic nitrogens is 1. The zero-order valence-electron chi connectivity index (χ0n) is 13.6. The van der Waals surface area contributed by atoms with Crippen molar-refractivity contribution in [2.45, 2.75) is 6.42 Å². The van der Waals surface area contributed by atoms with E-state index in [2.05, 4.69) is 20.5 Å². The highest BCUT2D eigenvalue weighted by Crippen LogP contribution is 2.19. The van der Waals surface area contributed by atoms with Crippen molar-refractivity contribution in [1.29, 1.82) is 0 Å². The summed E-state index contributed by atoms with van der Waals surface area (Å²) in [6.45, 7) is 1.68. The number of rotatable bonds is 7. The van der Waals surface area contributed by atoms with Crippen molar-refractivity contribution < 1.29 is 13.6 Å². The van der Waals surface area contributed by atoms with Gasteiger partial charge in [-0.3, -0.25) is 9.78 Å². The zero-order valence-corrected chi connectivity index (χ0v) is 13.6. The van der Waals surface area contributed by atoms with E-state index in [0.717, 1.165) is 37.3 Å². The van der Waals surface area contributed by atoms with Gasteiger partial charge in [0.1, 0.15) is 23.0 Å². The topological polar surface area (TPSA) is 57.3 Å². The van der Waals surface area contributed by atoms with Gasteiger partial charge in [0, 0.05) is 18.4 Å². The number of anilines is 2. The van der Waals surface area contributed by atoms with Crippen LogP contribution < -0.4 is 10.6 Å². The van der Waals surface area contributed by atoms with E-state index in [0.29, 0.717) is 0 Å². The molecule has 2 rings (SSSR count). The van der Waals surface area contributed by atoms with Crippen LogP contribution in [0.25, 0.3) is 0 Å². The molecule has 2 aromatic rings. The van der Waals surface area contributed by atoms with Crippen molar-refractivity contribution >= 4 is 17.3 Å². The van der Waals surface area contributed by atoms with Gasteiger partial charge in [0.15, 0.2) is 0 Å². The summed E-state index contributed by atoms with van der Waals surface area (Å²) in [5.74, 6) is -2.33. The van der Waals surface area contributed by atoms with Crippen molar-refractivity contribution in [2.75, 3.05) is 37.8 Å². The molecule has 0 bridgehead atoms. The summed E-state index contributed by atoms with van der Waals surface area (Å²) in [4.78, 5) is 18.2. The number of halogens is 2. The lowest BCUT2D eigenvalue weighted by Gasteiger charge is -2.11. The summed E-state index contributed by atoms with van der Waals surface area (Å²) < 4.78 is 27.2. The molecule has 0 unspecified atom stereocenters. The highest BCUT2D eigenvalue weighted by atomic mass is 19.1. The number of benzene rings is 1. The Balaban J connectivity index is 2.01. The van der Waals surface area contributed by atoms with Crippen LogP contribution in [-0.4, -0.2) is 43.0 Å². The third-order valence-corrected chi connectivity index (χ3v) is 3.31. The van der Waals surface area contributed by atoms with Crippen LogP contribution in [0.5, 0.6) is 0 Å². The summed E-state index contributed by atoms with van der Waals surface area (Å²) in [5, 5.41) is 5.41. The van der Waals surface area contributed by atoms with Crippen LogP contribution in [-0.2, 0) is 0 Å². The monoisotopic (exact) mass is 334 g/mol. The van der Waals surface area contributed by atoms with Crippen LogP contribution in [0.4, 0.5) is 20.2 Å². The molecule has 0 spiro atoms. The first-order chi connectivity index (χ1) is 11.5. The number of hydrogen-bond acceptors (Lipinski definition) is 4. The number of hydrogen-bond donors (Lipinski definition) is 2. The number of nitrogens with zero attached hydrogens (tertiary/aromatic N) is 2. The maximum Gasteiger partial charge on any atom is 0.274 e. The van der Waals surface area contributed by atoms with Gasteiger partial charge in [0.05, 0.1) is 0 Å². The number of amides is 1. The van der Waals surface area contributed by atoms with Crippen molar-refractivity contribution in [1.82, 2.24) is 9.88 Å². The van der Waals surface area contributed by atoms with Gasteiger partial charge >= 0.3 is 0 Å². The molecule has 7 heteroatoms. The summed E-state index contributed by atoms with van der Waals surface area (Å²) in [6.07, 6.45) is 2.41. The molecule has 0 saturated carbocycles. The Labute approximate surface area is 139 Å². The third kappa shape index (κ3) is 4.99. The fraction of sp³-hybridized carbons (Fsp3) is 0.294. The van der Waals surface area contributed by atoms with Crippen LogP contribution in [0.15, 0.2) is 36.5 Å². The number of carbonyl (C=O) groups is 1. The molecule has 24 heavy (non-hydrogen) atoms. The van der Waals surface area contributed by atoms with Crippen LogP contribution >= 0.6 is 0 Å². The maximum absolute atomic E-state index is 13.6. The lowest BCUT2D eigenvalue weighted by molar-refractivity contribution is 0.102. The Morgan fingerprint density at radius 2 is 1.92 bits per heavy atom. The Bertz CT molecular complexity index is 686. The van der Waals surface area contributed by atoms with Gasteiger partial charge in [-0.25, -0.2) is 8.78 Å². The average molecular weight is 334 g/mol. The largest absolute Gasteiger partial charge is 0.385 e. The first-order valence-electron chi connectivity index (χ1n) is 7.57. The first kappa shape index (κ1) is 17.8. The molecule has 1 heterocycles. The van der Waals surface area contributed by atoms with Gasteiger partial charge in [-0.15, -0.1) is 0 Å². The standard InChI is InChI=1S/C17H20F2N4O/c1-23(2)10-4-8-20-12-7-9-21-15(11-12)17(24)22-16-13(18)5-3-6-14(16)19/h3,5-7,9,11H,4,8,10H2,1-2H3,(H,20,21)(H,22,24). The smallest absolute Gasteiger partial charge is 0.274 e. The minimum absolute atomic E-state index is 0.0789. The molecular weight excluding hydrogens is 314 g/mol. The quantitative estimate of drug-likeness (QED) is 0.765. The molecule has 0 aliphatic carbocycles. The van der Waals surface area contributed by atoms with Gasteiger partial charge in [0.2, 0.25) is 0 Å². The predicted octanol–water partition coefficient (Wildman–Crippen LogP) is 2.98. The van der Waals surface area contributed by atoms with Crippen molar-refractivity contribution in [2.24, 2.45) is 0 Å². The molecule has 1 aromatic heterocycles. The molecule has 0 fully saturated rings. The molecule has 0 atom stereocenters. The summed E-state index contributed by atoms with van der Waals surface area (Å²) in [7, 11) is 3.99. The molecule has 128 valence electrons. The Morgan fingerprint density at radius 1 is 1.21 bits per heavy atom. The minimum atomic E-state index is -0.832. The van der Waals surface area contributed by atoms with Gasteiger partial charge in [0.25, 0.3) is 5.91 Å². The predicted molar refractivity (Wildman–Crippen MR) is 90.2 cm³/mol. The number of pyridine rings is 1. The highest BCUT2D eigenvalue weighted by Gasteiger charge is 2.14. The van der Waals surface area contributed by atoms with E-state index in [1.165, 1.54) is 12.3 Å². The molecule has 5 nitrogen and oxygen atoms in total. The van der Waals surface area contributed by atoms with Crippen LogP contribution in [0, 0.1) is 11.6 Å². The molecule has 1 amide bonds. The van der Waals surface area contributed by atoms with Gasteiger partial charge in [-0.1, -0.05) is 6.07 Å². The third-order valence-electron chi connectivity index (χ3n) is 3.31. The van der Waals surface area contributed by atoms with Crippen LogP contribution in [0.1, 0.15) is 16.9 Å². The maximum atomic E-state index is 13.6. The highest BCUT2D eigenvalue weighted by molar-refractivity contribution is 6.03. The van der Waals surface area contributed by atoms with Gasteiger partial charge in [-0.05, 0) is 51.3 Å². The molecule has 0 saturated heterocycles. The fourth-order valence-corrected chi connectivity index (χ4v) is 2.09. The van der Waals surface area contributed by atoms with Gasteiger partial charge in [-0.2, -0.15) is 0 Å². The van der Waals surface area contributed by atoms with E-state index in [1.807, 2.05) is 14.1 Å².